The highest BCUT2D eigenvalue weighted by Gasteiger charge is 2.46. The first-order valence-corrected chi connectivity index (χ1v) is 14.5. The SMILES string of the molecule is CS(=O)(=O)NC(Cc1ccccc1)(CS(=O)(=O)c1ccc(F)cc1)C(=O)Nc1ccc(C#N)c(C(F)(F)F)c1. The van der Waals surface area contributed by atoms with Crippen LogP contribution in [0.4, 0.5) is 23.2 Å². The fourth-order valence-electron chi connectivity index (χ4n) is 3.86. The van der Waals surface area contributed by atoms with E-state index in [1.54, 1.807) is 18.2 Å². The summed E-state index contributed by atoms with van der Waals surface area (Å²) in [6, 6.07) is 15.0. The zero-order valence-corrected chi connectivity index (χ0v) is 21.8. The van der Waals surface area contributed by atoms with Gasteiger partial charge in [0.2, 0.25) is 15.9 Å². The second-order valence-corrected chi connectivity index (χ2v) is 12.4. The van der Waals surface area contributed by atoms with E-state index in [2.05, 4.69) is 10.0 Å². The van der Waals surface area contributed by atoms with Gasteiger partial charge in [0.15, 0.2) is 9.84 Å². The van der Waals surface area contributed by atoms with Crippen LogP contribution in [0.5, 0.6) is 0 Å². The highest BCUT2D eigenvalue weighted by Crippen LogP contribution is 2.34. The smallest absolute Gasteiger partial charge is 0.324 e. The van der Waals surface area contributed by atoms with Gasteiger partial charge in [-0.25, -0.2) is 21.2 Å². The number of rotatable bonds is 9. The number of nitriles is 1. The zero-order chi connectivity index (χ0) is 29.1. The summed E-state index contributed by atoms with van der Waals surface area (Å²) < 4.78 is 107. The monoisotopic (exact) mass is 583 g/mol. The first-order valence-electron chi connectivity index (χ1n) is 11.0. The Labute approximate surface area is 222 Å². The van der Waals surface area contributed by atoms with Gasteiger partial charge in [0, 0.05) is 12.1 Å². The molecule has 3 aromatic carbocycles. The van der Waals surface area contributed by atoms with Gasteiger partial charge in [0.1, 0.15) is 11.4 Å². The zero-order valence-electron chi connectivity index (χ0n) is 20.2. The molecule has 0 heterocycles. The number of carbonyl (C=O) groups is 1. The maximum absolute atomic E-state index is 13.7. The molecule has 39 heavy (non-hydrogen) atoms. The van der Waals surface area contributed by atoms with Crippen molar-refractivity contribution in [1.29, 1.82) is 5.26 Å². The van der Waals surface area contributed by atoms with Gasteiger partial charge in [-0.05, 0) is 48.0 Å². The second kappa shape index (κ2) is 11.1. The molecule has 0 aliphatic heterocycles. The average molecular weight is 584 g/mol. The molecule has 0 aliphatic rings. The van der Waals surface area contributed by atoms with E-state index < -0.39 is 77.2 Å². The molecule has 1 atom stereocenters. The molecule has 0 bridgehead atoms. The molecule has 0 saturated heterocycles. The van der Waals surface area contributed by atoms with Gasteiger partial charge in [-0.3, -0.25) is 4.79 Å². The van der Waals surface area contributed by atoms with Gasteiger partial charge in [0.05, 0.1) is 34.1 Å². The fourth-order valence-corrected chi connectivity index (χ4v) is 6.57. The number of benzene rings is 3. The Hall–Kier alpha value is -3.80. The maximum Gasteiger partial charge on any atom is 0.417 e. The van der Waals surface area contributed by atoms with Crippen LogP contribution >= 0.6 is 0 Å². The predicted octanol–water partition coefficient (Wildman–Crippen LogP) is 3.66. The Bertz CT molecular complexity index is 1620. The molecule has 0 saturated carbocycles. The Balaban J connectivity index is 2.16. The van der Waals surface area contributed by atoms with Crippen LogP contribution in [-0.4, -0.2) is 40.3 Å². The summed E-state index contributed by atoms with van der Waals surface area (Å²) in [6.45, 7) is 0. The predicted molar refractivity (Wildman–Crippen MR) is 134 cm³/mol. The van der Waals surface area contributed by atoms with Crippen LogP contribution in [0.15, 0.2) is 77.7 Å². The van der Waals surface area contributed by atoms with Crippen LogP contribution in [0.2, 0.25) is 0 Å². The number of anilines is 1. The minimum Gasteiger partial charge on any atom is -0.324 e. The second-order valence-electron chi connectivity index (χ2n) is 8.66. The first kappa shape index (κ1) is 29.8. The molecule has 8 nitrogen and oxygen atoms in total. The fraction of sp³-hybridized carbons (Fsp3) is 0.200. The highest BCUT2D eigenvalue weighted by atomic mass is 32.2. The number of carbonyl (C=O) groups excluding carboxylic acids is 1. The van der Waals surface area contributed by atoms with E-state index in [0.29, 0.717) is 17.9 Å². The van der Waals surface area contributed by atoms with Crippen LogP contribution in [0.3, 0.4) is 0 Å². The van der Waals surface area contributed by atoms with Crippen molar-refractivity contribution in [3.63, 3.8) is 0 Å². The summed E-state index contributed by atoms with van der Waals surface area (Å²) in [5.74, 6) is -3.18. The molecule has 1 amide bonds. The van der Waals surface area contributed by atoms with E-state index >= 15 is 0 Å². The molecule has 2 N–H and O–H groups in total. The lowest BCUT2D eigenvalue weighted by Crippen LogP contribution is -2.61. The Morgan fingerprint density at radius 1 is 0.949 bits per heavy atom. The number of alkyl halides is 3. The van der Waals surface area contributed by atoms with Gasteiger partial charge in [-0.15, -0.1) is 0 Å². The summed E-state index contributed by atoms with van der Waals surface area (Å²) in [7, 11) is -8.78. The lowest BCUT2D eigenvalue weighted by molar-refractivity contribution is -0.137. The van der Waals surface area contributed by atoms with E-state index in [1.807, 2.05) is 0 Å². The van der Waals surface area contributed by atoms with E-state index in [-0.39, 0.29) is 0 Å². The van der Waals surface area contributed by atoms with Crippen molar-refractivity contribution < 1.29 is 39.2 Å². The number of sulfonamides is 1. The van der Waals surface area contributed by atoms with Gasteiger partial charge in [0.25, 0.3) is 0 Å². The summed E-state index contributed by atoms with van der Waals surface area (Å²) in [5, 5.41) is 11.2. The molecular formula is C25H21F4N3O5S2. The number of hydrogen-bond acceptors (Lipinski definition) is 6. The van der Waals surface area contributed by atoms with Gasteiger partial charge < -0.3 is 5.32 Å². The topological polar surface area (TPSA) is 133 Å². The van der Waals surface area contributed by atoms with Gasteiger partial charge in [-0.1, -0.05) is 30.3 Å². The van der Waals surface area contributed by atoms with Crippen molar-refractivity contribution in [2.75, 3.05) is 17.3 Å². The van der Waals surface area contributed by atoms with Crippen molar-refractivity contribution in [2.24, 2.45) is 0 Å². The molecule has 0 spiro atoms. The van der Waals surface area contributed by atoms with E-state index in [1.165, 1.54) is 18.2 Å². The maximum atomic E-state index is 13.7. The third-order valence-electron chi connectivity index (χ3n) is 5.48. The molecule has 14 heteroatoms. The molecular weight excluding hydrogens is 562 g/mol. The normalized spacial score (nSPS) is 13.7. The largest absolute Gasteiger partial charge is 0.417 e. The molecule has 0 fully saturated rings. The summed E-state index contributed by atoms with van der Waals surface area (Å²) in [4.78, 5) is 13.3. The number of sulfone groups is 1. The van der Waals surface area contributed by atoms with Gasteiger partial charge >= 0.3 is 6.18 Å². The summed E-state index contributed by atoms with van der Waals surface area (Å²) in [5.41, 5.74) is -4.67. The molecule has 0 aromatic heterocycles. The molecule has 3 rings (SSSR count). The molecule has 3 aromatic rings. The minimum atomic E-state index is -4.95. The van der Waals surface area contributed by atoms with Crippen LogP contribution < -0.4 is 10.0 Å². The third kappa shape index (κ3) is 7.62. The van der Waals surface area contributed by atoms with Crippen molar-refractivity contribution >= 4 is 31.5 Å². The van der Waals surface area contributed by atoms with Crippen molar-refractivity contribution in [2.45, 2.75) is 23.0 Å². The molecule has 0 radical (unpaired) electrons. The standard InChI is InChI=1S/C25H21F4N3O5S2/c1-38(34,35)32-24(14-17-5-3-2-4-6-17,16-39(36,37)21-11-8-19(26)9-12-21)23(33)31-20-10-7-18(15-30)22(13-20)25(27,28)29/h2-13,32H,14,16H2,1H3,(H,31,33). The minimum absolute atomic E-state index is 0.328. The van der Waals surface area contributed by atoms with Crippen molar-refractivity contribution in [1.82, 2.24) is 4.72 Å². The first-order chi connectivity index (χ1) is 18.0. The number of hydrogen-bond donors (Lipinski definition) is 2. The Kier molecular flexibility index (Phi) is 8.49. The van der Waals surface area contributed by atoms with Crippen LogP contribution in [-0.2, 0) is 37.3 Å². The van der Waals surface area contributed by atoms with Crippen LogP contribution in [0.1, 0.15) is 16.7 Å². The third-order valence-corrected chi connectivity index (χ3v) is 8.10. The Morgan fingerprint density at radius 3 is 2.10 bits per heavy atom. The van der Waals surface area contributed by atoms with Gasteiger partial charge in [-0.2, -0.15) is 23.2 Å². The van der Waals surface area contributed by atoms with E-state index in [4.69, 9.17) is 5.26 Å². The number of halogens is 4. The number of amides is 1. The highest BCUT2D eigenvalue weighted by molar-refractivity contribution is 7.91. The summed E-state index contributed by atoms with van der Waals surface area (Å²) in [6.07, 6.45) is -4.78. The average Bonchev–Trinajstić information content (AvgIpc) is 2.83. The van der Waals surface area contributed by atoms with Crippen LogP contribution in [0, 0.1) is 17.1 Å². The lowest BCUT2D eigenvalue weighted by atomic mass is 9.92. The van der Waals surface area contributed by atoms with Crippen molar-refractivity contribution in [3.8, 4) is 6.07 Å². The molecule has 206 valence electrons. The Morgan fingerprint density at radius 2 is 1.56 bits per heavy atom. The lowest BCUT2D eigenvalue weighted by Gasteiger charge is -2.32. The van der Waals surface area contributed by atoms with E-state index in [9.17, 15) is 39.2 Å². The quantitative estimate of drug-likeness (QED) is 0.292. The molecule has 1 unspecified atom stereocenters. The van der Waals surface area contributed by atoms with Crippen molar-refractivity contribution in [3.05, 3.63) is 95.3 Å². The number of nitrogens with zero attached hydrogens (tertiary/aromatic N) is 1. The van der Waals surface area contributed by atoms with Crippen LogP contribution in [0.25, 0.3) is 0 Å². The number of nitrogens with one attached hydrogen (secondary N) is 2. The van der Waals surface area contributed by atoms with E-state index in [0.717, 1.165) is 36.4 Å². The molecule has 0 aliphatic carbocycles. The summed E-state index contributed by atoms with van der Waals surface area (Å²) >= 11 is 0.